The van der Waals surface area contributed by atoms with Crippen molar-refractivity contribution >= 4 is 21.6 Å². The monoisotopic (exact) mass is 364 g/mol. The molecule has 1 atom stereocenters. The van der Waals surface area contributed by atoms with Gasteiger partial charge in [-0.3, -0.25) is 0 Å². The molecule has 0 saturated carbocycles. The molecule has 1 heterocycles. The van der Waals surface area contributed by atoms with Crippen molar-refractivity contribution in [1.82, 2.24) is 4.90 Å². The summed E-state index contributed by atoms with van der Waals surface area (Å²) in [5.74, 6) is 0. The summed E-state index contributed by atoms with van der Waals surface area (Å²) < 4.78 is 39.4. The van der Waals surface area contributed by atoms with Crippen LogP contribution in [0.4, 0.5) is 18.9 Å². The number of halogens is 4. The van der Waals surface area contributed by atoms with Gasteiger partial charge in [0.15, 0.2) is 0 Å². The number of rotatable bonds is 3. The Bertz CT molecular complexity index is 490. The second kappa shape index (κ2) is 6.57. The maximum absolute atomic E-state index is 13.1. The summed E-state index contributed by atoms with van der Waals surface area (Å²) in [6, 6.07) is 4.88. The number of nitrogens with zero attached hydrogens (tertiary/aromatic N) is 2. The fraction of sp³-hybridized carbons (Fsp3) is 0.600. The molecule has 1 aliphatic heterocycles. The van der Waals surface area contributed by atoms with E-state index in [0.29, 0.717) is 5.69 Å². The van der Waals surface area contributed by atoms with Gasteiger partial charge in [0.2, 0.25) is 0 Å². The lowest BCUT2D eigenvalue weighted by Gasteiger charge is -2.37. The Morgan fingerprint density at radius 2 is 2.10 bits per heavy atom. The Hall–Kier alpha value is -0.750. The number of hydrogen-bond acceptors (Lipinski definition) is 2. The number of anilines is 1. The highest BCUT2D eigenvalue weighted by molar-refractivity contribution is 9.08. The van der Waals surface area contributed by atoms with Gasteiger partial charge in [0.1, 0.15) is 0 Å². The Kier molecular flexibility index (Phi) is 5.20. The van der Waals surface area contributed by atoms with Crippen LogP contribution in [0.2, 0.25) is 0 Å². The fourth-order valence-electron chi connectivity index (χ4n) is 2.83. The summed E-state index contributed by atoms with van der Waals surface area (Å²) in [7, 11) is 3.93. The van der Waals surface area contributed by atoms with Crippen LogP contribution in [-0.2, 0) is 11.5 Å². The summed E-state index contributed by atoms with van der Waals surface area (Å²) >= 11 is 3.13. The predicted octanol–water partition coefficient (Wildman–Crippen LogP) is 4.13. The van der Waals surface area contributed by atoms with E-state index in [2.05, 4.69) is 27.9 Å². The molecule has 118 valence electrons. The van der Waals surface area contributed by atoms with E-state index in [9.17, 15) is 13.2 Å². The van der Waals surface area contributed by atoms with Crippen LogP contribution in [0.25, 0.3) is 0 Å². The Morgan fingerprint density at radius 3 is 2.67 bits per heavy atom. The van der Waals surface area contributed by atoms with Gasteiger partial charge < -0.3 is 9.80 Å². The van der Waals surface area contributed by atoms with E-state index in [4.69, 9.17) is 0 Å². The molecule has 0 aliphatic carbocycles. The molecule has 1 aromatic carbocycles. The van der Waals surface area contributed by atoms with E-state index in [1.807, 2.05) is 11.9 Å². The molecule has 21 heavy (non-hydrogen) atoms. The van der Waals surface area contributed by atoms with E-state index in [-0.39, 0.29) is 16.9 Å². The lowest BCUT2D eigenvalue weighted by atomic mass is 10.0. The highest BCUT2D eigenvalue weighted by atomic mass is 79.9. The van der Waals surface area contributed by atoms with E-state index < -0.39 is 11.7 Å². The first kappa shape index (κ1) is 16.6. The van der Waals surface area contributed by atoms with Crippen LogP contribution in [0, 0.1) is 0 Å². The van der Waals surface area contributed by atoms with Crippen molar-refractivity contribution in [3.63, 3.8) is 0 Å². The number of likely N-dealkylation sites (tertiary alicyclic amines) is 1. The van der Waals surface area contributed by atoms with Gasteiger partial charge >= 0.3 is 6.18 Å². The van der Waals surface area contributed by atoms with Crippen molar-refractivity contribution in [3.05, 3.63) is 29.3 Å². The van der Waals surface area contributed by atoms with Gasteiger partial charge in [-0.1, -0.05) is 22.0 Å². The van der Waals surface area contributed by atoms with Crippen molar-refractivity contribution in [2.24, 2.45) is 0 Å². The standard InChI is InChI=1S/C15H20BrF3N2/c1-20-7-3-4-13(10-20)21(2)12-6-5-11(9-16)14(8-12)15(17,18)19/h5-6,8,13H,3-4,7,9-10H2,1-2H3. The molecule has 1 fully saturated rings. The smallest absolute Gasteiger partial charge is 0.370 e. The van der Waals surface area contributed by atoms with Gasteiger partial charge in [-0.15, -0.1) is 0 Å². The van der Waals surface area contributed by atoms with Crippen molar-refractivity contribution in [1.29, 1.82) is 0 Å². The van der Waals surface area contributed by atoms with Gasteiger partial charge in [0, 0.05) is 30.7 Å². The number of hydrogen-bond donors (Lipinski definition) is 0. The predicted molar refractivity (Wildman–Crippen MR) is 83.0 cm³/mol. The van der Waals surface area contributed by atoms with Crippen LogP contribution in [0.5, 0.6) is 0 Å². The van der Waals surface area contributed by atoms with Crippen LogP contribution >= 0.6 is 15.9 Å². The van der Waals surface area contributed by atoms with Crippen molar-refractivity contribution < 1.29 is 13.2 Å². The zero-order chi connectivity index (χ0) is 15.6. The second-order valence-electron chi connectivity index (χ2n) is 5.64. The number of piperidine rings is 1. The molecule has 1 aliphatic rings. The average Bonchev–Trinajstić information content (AvgIpc) is 2.45. The number of benzene rings is 1. The van der Waals surface area contributed by atoms with E-state index in [1.165, 1.54) is 6.07 Å². The maximum atomic E-state index is 13.1. The van der Waals surface area contributed by atoms with Crippen molar-refractivity contribution in [2.45, 2.75) is 30.4 Å². The summed E-state index contributed by atoms with van der Waals surface area (Å²) in [6.45, 7) is 1.94. The van der Waals surface area contributed by atoms with Crippen LogP contribution in [0.15, 0.2) is 18.2 Å². The first-order valence-electron chi connectivity index (χ1n) is 7.00. The Labute approximate surface area is 132 Å². The summed E-state index contributed by atoms with van der Waals surface area (Å²) in [6.07, 6.45) is -2.22. The van der Waals surface area contributed by atoms with Crippen LogP contribution in [0.1, 0.15) is 24.0 Å². The van der Waals surface area contributed by atoms with Gasteiger partial charge in [-0.05, 0) is 44.1 Å². The van der Waals surface area contributed by atoms with Crippen LogP contribution in [-0.4, -0.2) is 38.1 Å². The topological polar surface area (TPSA) is 6.48 Å². The van der Waals surface area contributed by atoms with E-state index in [1.54, 1.807) is 12.1 Å². The highest BCUT2D eigenvalue weighted by Gasteiger charge is 2.34. The molecule has 0 aromatic heterocycles. The molecule has 0 radical (unpaired) electrons. The van der Waals surface area contributed by atoms with Crippen LogP contribution < -0.4 is 4.90 Å². The molecule has 1 saturated heterocycles. The highest BCUT2D eigenvalue weighted by Crippen LogP contribution is 2.36. The van der Waals surface area contributed by atoms with Gasteiger partial charge in [0.05, 0.1) is 5.56 Å². The third-order valence-electron chi connectivity index (χ3n) is 4.10. The quantitative estimate of drug-likeness (QED) is 0.744. The summed E-state index contributed by atoms with van der Waals surface area (Å²) in [5.41, 5.74) is 0.362. The summed E-state index contributed by atoms with van der Waals surface area (Å²) in [4.78, 5) is 4.20. The largest absolute Gasteiger partial charge is 0.416 e. The molecule has 0 spiro atoms. The third-order valence-corrected chi connectivity index (χ3v) is 4.70. The molecule has 1 unspecified atom stereocenters. The number of likely N-dealkylation sites (N-methyl/N-ethyl adjacent to an activating group) is 2. The SMILES string of the molecule is CN1CCCC(N(C)c2ccc(CBr)c(C(F)(F)F)c2)C1. The number of alkyl halides is 4. The third kappa shape index (κ3) is 3.92. The molecule has 2 rings (SSSR count). The van der Waals surface area contributed by atoms with E-state index >= 15 is 0 Å². The maximum Gasteiger partial charge on any atom is 0.416 e. The minimum absolute atomic E-state index is 0.206. The molecular formula is C15H20BrF3N2. The lowest BCUT2D eigenvalue weighted by molar-refractivity contribution is -0.138. The van der Waals surface area contributed by atoms with Crippen molar-refractivity contribution in [2.75, 3.05) is 32.1 Å². The first-order valence-corrected chi connectivity index (χ1v) is 8.12. The lowest BCUT2D eigenvalue weighted by Crippen LogP contribution is -2.45. The van der Waals surface area contributed by atoms with Gasteiger partial charge in [0.25, 0.3) is 0 Å². The Balaban J connectivity index is 2.27. The first-order chi connectivity index (χ1) is 9.82. The molecule has 1 aromatic rings. The Morgan fingerprint density at radius 1 is 1.38 bits per heavy atom. The fourth-order valence-corrected chi connectivity index (χ4v) is 3.32. The molecule has 0 amide bonds. The summed E-state index contributed by atoms with van der Waals surface area (Å²) in [5, 5.41) is 0.206. The minimum Gasteiger partial charge on any atom is -0.370 e. The average molecular weight is 365 g/mol. The molecular weight excluding hydrogens is 345 g/mol. The van der Waals surface area contributed by atoms with Gasteiger partial charge in [-0.25, -0.2) is 0 Å². The normalized spacial score (nSPS) is 20.6. The molecule has 0 N–H and O–H groups in total. The molecule has 6 heteroatoms. The second-order valence-corrected chi connectivity index (χ2v) is 6.20. The molecule has 2 nitrogen and oxygen atoms in total. The van der Waals surface area contributed by atoms with E-state index in [0.717, 1.165) is 25.9 Å². The minimum atomic E-state index is -4.32. The van der Waals surface area contributed by atoms with Crippen LogP contribution in [0.3, 0.4) is 0 Å². The van der Waals surface area contributed by atoms with Gasteiger partial charge in [-0.2, -0.15) is 13.2 Å². The zero-order valence-electron chi connectivity index (χ0n) is 12.3. The van der Waals surface area contributed by atoms with Crippen molar-refractivity contribution in [3.8, 4) is 0 Å². The molecule has 0 bridgehead atoms. The zero-order valence-corrected chi connectivity index (χ0v) is 13.8.